The molecule has 0 fully saturated rings. The highest BCUT2D eigenvalue weighted by Crippen LogP contribution is 2.62. The average molecular weight is 501 g/mol. The molecule has 0 spiro atoms. The van der Waals surface area contributed by atoms with E-state index in [0.29, 0.717) is 0 Å². The van der Waals surface area contributed by atoms with Crippen LogP contribution in [0, 0.1) is 0 Å². The normalized spacial score (nSPS) is 15.2. The van der Waals surface area contributed by atoms with Gasteiger partial charge in [0.1, 0.15) is 0 Å². The summed E-state index contributed by atoms with van der Waals surface area (Å²) in [5.41, 5.74) is 0. The predicted octanol–water partition coefficient (Wildman–Crippen LogP) is 3.49. The first-order valence-corrected chi connectivity index (χ1v) is 7.29. The second kappa shape index (κ2) is 8.70. The Balaban J connectivity index is 6.06. The molecule has 0 saturated carbocycles. The highest BCUT2D eigenvalue weighted by atomic mass is 19.4. The van der Waals surface area contributed by atoms with Crippen LogP contribution in [0.25, 0.3) is 0 Å². The summed E-state index contributed by atoms with van der Waals surface area (Å²) in [5, 5.41) is 9.01. The fourth-order valence-electron chi connectivity index (χ4n) is 1.62. The van der Waals surface area contributed by atoms with Crippen molar-refractivity contribution in [2.45, 2.75) is 41.7 Å². The van der Waals surface area contributed by atoms with Crippen LogP contribution in [0.4, 0.5) is 65.9 Å². The van der Waals surface area contributed by atoms with Crippen molar-refractivity contribution in [1.29, 1.82) is 0 Å². The molecule has 0 aromatic carbocycles. The van der Waals surface area contributed by atoms with Crippen LogP contribution < -0.4 is 5.32 Å². The van der Waals surface area contributed by atoms with Crippen LogP contribution in [0.15, 0.2) is 0 Å². The summed E-state index contributed by atoms with van der Waals surface area (Å²) in [6, 6.07) is 0. The minimum Gasteiger partial charge on any atom is -0.394 e. The first-order valence-electron chi connectivity index (χ1n) is 7.29. The number of hydrogen-bond acceptors (Lipinski definition) is 3. The molecule has 0 bridgehead atoms. The van der Waals surface area contributed by atoms with Gasteiger partial charge in [0.2, 0.25) is 0 Å². The maximum absolute atomic E-state index is 13.4. The van der Waals surface area contributed by atoms with Crippen LogP contribution in [-0.4, -0.2) is 79.1 Å². The van der Waals surface area contributed by atoms with Gasteiger partial charge in [0.15, 0.2) is 0 Å². The molecule has 0 atom stereocenters. The summed E-state index contributed by atoms with van der Waals surface area (Å²) >= 11 is 0. The predicted molar refractivity (Wildman–Crippen MR) is 66.7 cm³/mol. The van der Waals surface area contributed by atoms with Crippen molar-refractivity contribution in [3.8, 4) is 0 Å². The van der Waals surface area contributed by atoms with Gasteiger partial charge in [0.25, 0.3) is 5.91 Å². The summed E-state index contributed by atoms with van der Waals surface area (Å²) in [5.74, 6) is -51.6. The van der Waals surface area contributed by atoms with E-state index < -0.39 is 74.0 Å². The van der Waals surface area contributed by atoms with E-state index in [2.05, 4.69) is 4.74 Å². The van der Waals surface area contributed by atoms with Crippen LogP contribution in [-0.2, 0) is 9.53 Å². The SMILES string of the molecule is O=C(NCCOCCO)C(F)(F)C(F)(F)C(F)(F)C(F)(F)C(F)(F)C(F)(F)C(F)(F)F. The fraction of sp³-hybridized carbons (Fsp3) is 0.917. The molecule has 186 valence electrons. The molecule has 19 heteroatoms. The van der Waals surface area contributed by atoms with Gasteiger partial charge in [-0.1, -0.05) is 0 Å². The van der Waals surface area contributed by atoms with Gasteiger partial charge in [0, 0.05) is 6.54 Å². The molecule has 0 radical (unpaired) electrons. The van der Waals surface area contributed by atoms with E-state index in [0.717, 1.165) is 5.32 Å². The van der Waals surface area contributed by atoms with Crippen LogP contribution in [0.3, 0.4) is 0 Å². The molecule has 2 N–H and O–H groups in total. The van der Waals surface area contributed by atoms with E-state index in [1.54, 1.807) is 0 Å². The van der Waals surface area contributed by atoms with Gasteiger partial charge in [-0.2, -0.15) is 65.9 Å². The molecule has 1 amide bonds. The lowest BCUT2D eigenvalue weighted by molar-refractivity contribution is -0.449. The first-order chi connectivity index (χ1) is 13.5. The number of halogens is 15. The van der Waals surface area contributed by atoms with Gasteiger partial charge < -0.3 is 15.2 Å². The van der Waals surface area contributed by atoms with E-state index in [1.807, 2.05) is 0 Å². The standard InChI is InChI=1S/C12H10F15NO3/c13-6(14,5(30)28-1-3-31-4-2-29)7(15,16)8(17,18)9(19,20)10(21,22)11(23,24)12(25,26)27/h29H,1-4H2,(H,28,30). The van der Waals surface area contributed by atoms with Crippen LogP contribution in [0.5, 0.6) is 0 Å². The fourth-order valence-corrected chi connectivity index (χ4v) is 1.62. The van der Waals surface area contributed by atoms with Gasteiger partial charge in [-0.05, 0) is 0 Å². The molecule has 0 aromatic rings. The Bertz CT molecular complexity index is 631. The Morgan fingerprint density at radius 1 is 0.645 bits per heavy atom. The van der Waals surface area contributed by atoms with Crippen molar-refractivity contribution in [2.24, 2.45) is 0 Å². The molecule has 31 heavy (non-hydrogen) atoms. The third-order valence-electron chi connectivity index (χ3n) is 3.38. The number of nitrogens with one attached hydrogen (secondary N) is 1. The van der Waals surface area contributed by atoms with Gasteiger partial charge in [-0.15, -0.1) is 0 Å². The molecule has 0 aliphatic heterocycles. The van der Waals surface area contributed by atoms with Crippen molar-refractivity contribution < 1.29 is 80.5 Å². The highest BCUT2D eigenvalue weighted by molar-refractivity contribution is 5.84. The largest absolute Gasteiger partial charge is 0.460 e. The topological polar surface area (TPSA) is 58.6 Å². The smallest absolute Gasteiger partial charge is 0.394 e. The third-order valence-corrected chi connectivity index (χ3v) is 3.38. The Hall–Kier alpha value is -1.66. The molecule has 0 rings (SSSR count). The molecule has 0 aliphatic carbocycles. The van der Waals surface area contributed by atoms with Gasteiger partial charge in [0.05, 0.1) is 19.8 Å². The van der Waals surface area contributed by atoms with Crippen molar-refractivity contribution in [1.82, 2.24) is 5.32 Å². The zero-order valence-electron chi connectivity index (χ0n) is 14.3. The molecule has 4 nitrogen and oxygen atoms in total. The van der Waals surface area contributed by atoms with E-state index in [1.165, 1.54) is 0 Å². The number of ether oxygens (including phenoxy) is 1. The molecule has 0 saturated heterocycles. The van der Waals surface area contributed by atoms with Crippen molar-refractivity contribution in [3.05, 3.63) is 0 Å². The van der Waals surface area contributed by atoms with E-state index in [9.17, 15) is 70.7 Å². The summed E-state index contributed by atoms with van der Waals surface area (Å²) in [6.45, 7) is -3.24. The average Bonchev–Trinajstić information content (AvgIpc) is 2.59. The first kappa shape index (κ1) is 29.3. The number of aliphatic hydroxyl groups excluding tert-OH is 1. The van der Waals surface area contributed by atoms with Gasteiger partial charge in [-0.3, -0.25) is 4.79 Å². The number of alkyl halides is 15. The van der Waals surface area contributed by atoms with Crippen molar-refractivity contribution in [3.63, 3.8) is 0 Å². The zero-order valence-corrected chi connectivity index (χ0v) is 14.3. The Morgan fingerprint density at radius 2 is 1.03 bits per heavy atom. The molecule has 0 heterocycles. The second-order valence-corrected chi connectivity index (χ2v) is 5.54. The highest BCUT2D eigenvalue weighted by Gasteiger charge is 2.94. The van der Waals surface area contributed by atoms with E-state index in [4.69, 9.17) is 5.11 Å². The summed E-state index contributed by atoms with van der Waals surface area (Å²) in [6.07, 6.45) is -7.69. The Labute approximate surface area is 161 Å². The minimum absolute atomic E-state index is 0.505. The summed E-state index contributed by atoms with van der Waals surface area (Å²) in [7, 11) is 0. The van der Waals surface area contributed by atoms with Gasteiger partial charge >= 0.3 is 41.7 Å². The molecule has 0 aliphatic rings. The van der Waals surface area contributed by atoms with E-state index in [-0.39, 0.29) is 0 Å². The monoisotopic (exact) mass is 501 g/mol. The zero-order chi connectivity index (χ0) is 25.3. The molecule has 0 unspecified atom stereocenters. The van der Waals surface area contributed by atoms with E-state index >= 15 is 0 Å². The quantitative estimate of drug-likeness (QED) is 0.337. The molecule has 0 aromatic heterocycles. The number of aliphatic hydroxyl groups is 1. The van der Waals surface area contributed by atoms with Crippen molar-refractivity contribution in [2.75, 3.05) is 26.4 Å². The second-order valence-electron chi connectivity index (χ2n) is 5.54. The van der Waals surface area contributed by atoms with Crippen LogP contribution in [0.1, 0.15) is 0 Å². The third kappa shape index (κ3) is 4.61. The number of amides is 1. The minimum atomic E-state index is -8.45. The molecular formula is C12H10F15NO3. The maximum Gasteiger partial charge on any atom is 0.460 e. The van der Waals surface area contributed by atoms with Crippen molar-refractivity contribution >= 4 is 5.91 Å². The summed E-state index contributed by atoms with van der Waals surface area (Å²) < 4.78 is 198. The Morgan fingerprint density at radius 3 is 1.42 bits per heavy atom. The number of carbonyl (C=O) groups is 1. The number of carbonyl (C=O) groups excluding carboxylic acids is 1. The lowest BCUT2D eigenvalue weighted by Crippen LogP contribution is -2.74. The maximum atomic E-state index is 13.4. The lowest BCUT2D eigenvalue weighted by atomic mass is 9.91. The van der Waals surface area contributed by atoms with Crippen LogP contribution >= 0.6 is 0 Å². The van der Waals surface area contributed by atoms with Crippen LogP contribution in [0.2, 0.25) is 0 Å². The Kier molecular flexibility index (Phi) is 8.24. The number of rotatable bonds is 11. The lowest BCUT2D eigenvalue weighted by Gasteiger charge is -2.41. The number of hydrogen-bond donors (Lipinski definition) is 2. The summed E-state index contributed by atoms with van der Waals surface area (Å²) in [4.78, 5) is 11.0. The molecular weight excluding hydrogens is 491 g/mol. The van der Waals surface area contributed by atoms with Gasteiger partial charge in [-0.25, -0.2) is 0 Å².